The van der Waals surface area contributed by atoms with E-state index in [0.717, 1.165) is 28.2 Å². The number of pyridine rings is 1. The van der Waals surface area contributed by atoms with Gasteiger partial charge in [0.1, 0.15) is 17.3 Å². The number of rotatable bonds is 4. The van der Waals surface area contributed by atoms with Crippen molar-refractivity contribution in [3.8, 4) is 11.5 Å². The molecular formula is C20H15Cl2N3O. The zero-order valence-corrected chi connectivity index (χ0v) is 15.5. The van der Waals surface area contributed by atoms with E-state index in [1.54, 1.807) is 18.5 Å². The fourth-order valence-electron chi connectivity index (χ4n) is 2.87. The molecule has 2 aromatic carbocycles. The Hall–Kier alpha value is -2.56. The van der Waals surface area contributed by atoms with Crippen LogP contribution < -0.4 is 4.74 Å². The minimum atomic E-state index is 0.602. The largest absolute Gasteiger partial charge is 0.456 e. The number of hydrogen-bond acceptors (Lipinski definition) is 3. The van der Waals surface area contributed by atoms with E-state index < -0.39 is 0 Å². The fraction of sp³-hybridized carbons (Fsp3) is 0.100. The van der Waals surface area contributed by atoms with Gasteiger partial charge in [-0.2, -0.15) is 0 Å². The predicted molar refractivity (Wildman–Crippen MR) is 104 cm³/mol. The molecule has 0 atom stereocenters. The third-order valence-electron chi connectivity index (χ3n) is 4.12. The quantitative estimate of drug-likeness (QED) is 0.441. The van der Waals surface area contributed by atoms with E-state index in [9.17, 15) is 0 Å². The second-order valence-electron chi connectivity index (χ2n) is 5.92. The van der Waals surface area contributed by atoms with Crippen molar-refractivity contribution in [3.05, 3.63) is 82.4 Å². The highest BCUT2D eigenvalue weighted by molar-refractivity contribution is 6.33. The Morgan fingerprint density at radius 3 is 2.73 bits per heavy atom. The predicted octanol–water partition coefficient (Wildman–Crippen LogP) is 5.89. The standard InChI is InChI=1S/C20H15Cl2N3O/c1-13-24-19-10-16(26-17-3-2-8-23-11-17)5-7-20(19)25(13)12-14-9-15(21)4-6-18(14)22/h2-11H,12H2,1H3. The minimum Gasteiger partial charge on any atom is -0.456 e. The Bertz CT molecular complexity index is 1080. The molecule has 0 bridgehead atoms. The van der Waals surface area contributed by atoms with Gasteiger partial charge in [-0.1, -0.05) is 23.2 Å². The van der Waals surface area contributed by atoms with Gasteiger partial charge in [0, 0.05) is 22.3 Å². The van der Waals surface area contributed by atoms with E-state index in [2.05, 4.69) is 14.5 Å². The maximum absolute atomic E-state index is 6.31. The summed E-state index contributed by atoms with van der Waals surface area (Å²) in [5.41, 5.74) is 2.83. The molecule has 0 unspecified atom stereocenters. The molecule has 2 aromatic heterocycles. The van der Waals surface area contributed by atoms with E-state index in [-0.39, 0.29) is 0 Å². The highest BCUT2D eigenvalue weighted by atomic mass is 35.5. The Labute approximate surface area is 161 Å². The maximum Gasteiger partial charge on any atom is 0.145 e. The van der Waals surface area contributed by atoms with Gasteiger partial charge in [-0.05, 0) is 55.0 Å². The third-order valence-corrected chi connectivity index (χ3v) is 4.72. The van der Waals surface area contributed by atoms with Gasteiger partial charge in [-0.15, -0.1) is 0 Å². The molecule has 0 amide bonds. The van der Waals surface area contributed by atoms with Crippen LogP contribution >= 0.6 is 23.2 Å². The van der Waals surface area contributed by atoms with Gasteiger partial charge in [0.15, 0.2) is 0 Å². The molecule has 0 saturated carbocycles. The maximum atomic E-state index is 6.31. The Balaban J connectivity index is 1.68. The average Bonchev–Trinajstić information content (AvgIpc) is 2.94. The first kappa shape index (κ1) is 16.9. The number of aromatic nitrogens is 3. The number of hydrogen-bond donors (Lipinski definition) is 0. The summed E-state index contributed by atoms with van der Waals surface area (Å²) in [6.45, 7) is 2.57. The van der Waals surface area contributed by atoms with E-state index in [1.807, 2.05) is 49.4 Å². The Morgan fingerprint density at radius 1 is 1.04 bits per heavy atom. The SMILES string of the molecule is Cc1nc2cc(Oc3cccnc3)ccc2n1Cc1cc(Cl)ccc1Cl. The van der Waals surface area contributed by atoms with Gasteiger partial charge in [0.2, 0.25) is 0 Å². The molecule has 2 heterocycles. The summed E-state index contributed by atoms with van der Waals surface area (Å²) in [4.78, 5) is 8.71. The summed E-state index contributed by atoms with van der Waals surface area (Å²) in [6, 6.07) is 15.0. The van der Waals surface area contributed by atoms with E-state index >= 15 is 0 Å². The molecular weight excluding hydrogens is 369 g/mol. The zero-order chi connectivity index (χ0) is 18.1. The highest BCUT2D eigenvalue weighted by Crippen LogP contribution is 2.28. The van der Waals surface area contributed by atoms with Crippen LogP contribution in [0.25, 0.3) is 11.0 Å². The molecule has 0 aliphatic carbocycles. The summed E-state index contributed by atoms with van der Waals surface area (Å²) in [5.74, 6) is 2.30. The van der Waals surface area contributed by atoms with Crippen LogP contribution in [0.3, 0.4) is 0 Å². The summed E-state index contributed by atoms with van der Waals surface area (Å²) >= 11 is 12.4. The van der Waals surface area contributed by atoms with Crippen molar-refractivity contribution in [3.63, 3.8) is 0 Å². The van der Waals surface area contributed by atoms with Crippen LogP contribution in [-0.2, 0) is 6.54 Å². The lowest BCUT2D eigenvalue weighted by Gasteiger charge is -2.10. The molecule has 0 aliphatic heterocycles. The average molecular weight is 384 g/mol. The highest BCUT2D eigenvalue weighted by Gasteiger charge is 2.11. The first-order valence-electron chi connectivity index (χ1n) is 8.09. The number of halogens is 2. The van der Waals surface area contributed by atoms with Gasteiger partial charge in [0.25, 0.3) is 0 Å². The summed E-state index contributed by atoms with van der Waals surface area (Å²) < 4.78 is 7.95. The van der Waals surface area contributed by atoms with Crippen LogP contribution in [0.15, 0.2) is 60.9 Å². The number of ether oxygens (including phenoxy) is 1. The van der Waals surface area contributed by atoms with Crippen LogP contribution in [0, 0.1) is 6.92 Å². The van der Waals surface area contributed by atoms with Crippen molar-refractivity contribution in [2.24, 2.45) is 0 Å². The van der Waals surface area contributed by atoms with Crippen LogP contribution in [0.2, 0.25) is 10.0 Å². The Kier molecular flexibility index (Phi) is 4.53. The van der Waals surface area contributed by atoms with Crippen molar-refractivity contribution in [1.29, 1.82) is 0 Å². The van der Waals surface area contributed by atoms with Crippen LogP contribution in [0.4, 0.5) is 0 Å². The van der Waals surface area contributed by atoms with Crippen molar-refractivity contribution in [2.75, 3.05) is 0 Å². The third kappa shape index (κ3) is 3.39. The lowest BCUT2D eigenvalue weighted by atomic mass is 10.2. The van der Waals surface area contributed by atoms with E-state index in [0.29, 0.717) is 22.3 Å². The molecule has 0 saturated heterocycles. The molecule has 26 heavy (non-hydrogen) atoms. The minimum absolute atomic E-state index is 0.602. The molecule has 0 fully saturated rings. The molecule has 130 valence electrons. The molecule has 6 heteroatoms. The van der Waals surface area contributed by atoms with Gasteiger partial charge in [0.05, 0.1) is 23.8 Å². The normalized spacial score (nSPS) is 11.0. The summed E-state index contributed by atoms with van der Waals surface area (Å²) in [7, 11) is 0. The topological polar surface area (TPSA) is 39.9 Å². The second-order valence-corrected chi connectivity index (χ2v) is 6.77. The van der Waals surface area contributed by atoms with Gasteiger partial charge < -0.3 is 9.30 Å². The van der Waals surface area contributed by atoms with Gasteiger partial charge in [-0.25, -0.2) is 4.98 Å². The van der Waals surface area contributed by atoms with E-state index in [4.69, 9.17) is 27.9 Å². The monoisotopic (exact) mass is 383 g/mol. The first-order valence-corrected chi connectivity index (χ1v) is 8.84. The number of imidazole rings is 1. The van der Waals surface area contributed by atoms with Crippen LogP contribution in [-0.4, -0.2) is 14.5 Å². The molecule has 0 aliphatic rings. The van der Waals surface area contributed by atoms with Crippen molar-refractivity contribution >= 4 is 34.2 Å². The Morgan fingerprint density at radius 2 is 1.92 bits per heavy atom. The number of fused-ring (bicyclic) bond motifs is 1. The lowest BCUT2D eigenvalue weighted by molar-refractivity contribution is 0.481. The van der Waals surface area contributed by atoms with Gasteiger partial charge in [-0.3, -0.25) is 4.98 Å². The molecule has 4 aromatic rings. The fourth-order valence-corrected chi connectivity index (χ4v) is 3.24. The van der Waals surface area contributed by atoms with Crippen molar-refractivity contribution in [1.82, 2.24) is 14.5 Å². The molecule has 0 radical (unpaired) electrons. The molecule has 0 spiro atoms. The zero-order valence-electron chi connectivity index (χ0n) is 14.0. The van der Waals surface area contributed by atoms with Gasteiger partial charge >= 0.3 is 0 Å². The molecule has 0 N–H and O–H groups in total. The first-order chi connectivity index (χ1) is 12.6. The lowest BCUT2D eigenvalue weighted by Crippen LogP contribution is -2.02. The number of nitrogens with zero attached hydrogens (tertiary/aromatic N) is 3. The van der Waals surface area contributed by atoms with E-state index in [1.165, 1.54) is 0 Å². The smallest absolute Gasteiger partial charge is 0.145 e. The summed E-state index contributed by atoms with van der Waals surface area (Å²) in [5, 5.41) is 1.35. The van der Waals surface area contributed by atoms with Crippen molar-refractivity contribution < 1.29 is 4.74 Å². The summed E-state index contributed by atoms with van der Waals surface area (Å²) in [6.07, 6.45) is 3.39. The number of aryl methyl sites for hydroxylation is 1. The molecule has 4 nitrogen and oxygen atoms in total. The second kappa shape index (κ2) is 6.98. The molecule has 4 rings (SSSR count). The van der Waals surface area contributed by atoms with Crippen molar-refractivity contribution in [2.45, 2.75) is 13.5 Å². The number of benzene rings is 2. The van der Waals surface area contributed by atoms with Crippen LogP contribution in [0.5, 0.6) is 11.5 Å². The van der Waals surface area contributed by atoms with Crippen LogP contribution in [0.1, 0.15) is 11.4 Å².